The number of esters is 1. The quantitative estimate of drug-likeness (QED) is 0.160. The molecule has 0 saturated heterocycles. The third-order valence-electron chi connectivity index (χ3n) is 7.92. The molecule has 0 unspecified atom stereocenters. The summed E-state index contributed by atoms with van der Waals surface area (Å²) in [5.74, 6) is 0.496. The number of carbonyl (C=O) groups is 2. The molecular formula is C35H49ClN4O5Si. The highest BCUT2D eigenvalue weighted by atomic mass is 35.5. The number of hydrogen-bond donors (Lipinski definition) is 1. The number of rotatable bonds is 12. The van der Waals surface area contributed by atoms with Crippen LogP contribution in [0.1, 0.15) is 70.1 Å². The van der Waals surface area contributed by atoms with Crippen molar-refractivity contribution in [3.63, 3.8) is 0 Å². The van der Waals surface area contributed by atoms with E-state index in [4.69, 9.17) is 26.1 Å². The van der Waals surface area contributed by atoms with Crippen molar-refractivity contribution in [3.8, 4) is 16.9 Å². The van der Waals surface area contributed by atoms with Crippen LogP contribution in [-0.4, -0.2) is 53.3 Å². The molecule has 2 heterocycles. The van der Waals surface area contributed by atoms with Crippen molar-refractivity contribution in [2.45, 2.75) is 91.6 Å². The molecule has 1 saturated carbocycles. The molecule has 0 bridgehead atoms. The van der Waals surface area contributed by atoms with E-state index in [-0.39, 0.29) is 34.0 Å². The summed E-state index contributed by atoms with van der Waals surface area (Å²) >= 11 is 6.91. The summed E-state index contributed by atoms with van der Waals surface area (Å²) in [6.07, 6.45) is 8.61. The Balaban J connectivity index is 1.89. The van der Waals surface area contributed by atoms with Crippen LogP contribution in [0.25, 0.3) is 28.2 Å². The number of hydrogen-bond acceptors (Lipinski definition) is 6. The van der Waals surface area contributed by atoms with E-state index in [9.17, 15) is 14.4 Å². The first kappa shape index (κ1) is 35.5. The van der Waals surface area contributed by atoms with E-state index >= 15 is 0 Å². The number of allylic oxidation sites excluding steroid dienone is 1. The Morgan fingerprint density at radius 1 is 1.15 bits per heavy atom. The highest BCUT2D eigenvalue weighted by Crippen LogP contribution is 2.38. The minimum atomic E-state index is -1.43. The van der Waals surface area contributed by atoms with Gasteiger partial charge in [-0.25, -0.2) is 4.98 Å². The average Bonchev–Trinajstić information content (AvgIpc) is 3.68. The molecule has 0 atom stereocenters. The molecule has 1 N–H and O–H groups in total. The first-order valence-electron chi connectivity index (χ1n) is 15.9. The van der Waals surface area contributed by atoms with E-state index in [1.807, 2.05) is 19.9 Å². The van der Waals surface area contributed by atoms with Gasteiger partial charge in [-0.1, -0.05) is 58.1 Å². The summed E-state index contributed by atoms with van der Waals surface area (Å²) in [6.45, 7) is 17.5. The monoisotopic (exact) mass is 668 g/mol. The lowest BCUT2D eigenvalue weighted by Crippen LogP contribution is -2.46. The van der Waals surface area contributed by atoms with Crippen molar-refractivity contribution in [2.75, 3.05) is 13.7 Å². The van der Waals surface area contributed by atoms with Crippen LogP contribution < -0.4 is 15.6 Å². The fourth-order valence-corrected chi connectivity index (χ4v) is 6.79. The second kappa shape index (κ2) is 13.4. The Kier molecular flexibility index (Phi) is 10.3. The van der Waals surface area contributed by atoms with Gasteiger partial charge in [0.05, 0.1) is 29.7 Å². The summed E-state index contributed by atoms with van der Waals surface area (Å²) in [6, 6.07) is 4.32. The Hall–Kier alpha value is -3.37. The predicted octanol–water partition coefficient (Wildman–Crippen LogP) is 7.31. The zero-order valence-electron chi connectivity index (χ0n) is 29.0. The van der Waals surface area contributed by atoms with Crippen LogP contribution in [0.2, 0.25) is 30.7 Å². The number of amides is 1. The van der Waals surface area contributed by atoms with Crippen LogP contribution in [0.3, 0.4) is 0 Å². The molecule has 4 rings (SSSR count). The largest absolute Gasteiger partial charge is 0.491 e. The SMILES string of the molecule is COC(=O)Cn1cc(-c2cc(Cl)c(OCC[Si](C)(C)C)c(C(=O)NC(C)(C)CC(C)(C)C)c2)c2c(=O)n(C)c(C=CC3CC3)nc21. The lowest BCUT2D eigenvalue weighted by Gasteiger charge is -2.33. The zero-order chi connectivity index (χ0) is 34.2. The molecule has 1 aliphatic rings. The van der Waals surface area contributed by atoms with Crippen LogP contribution in [0.4, 0.5) is 0 Å². The van der Waals surface area contributed by atoms with Crippen molar-refractivity contribution in [1.29, 1.82) is 0 Å². The van der Waals surface area contributed by atoms with Crippen molar-refractivity contribution < 1.29 is 19.1 Å². The van der Waals surface area contributed by atoms with Crippen molar-refractivity contribution in [2.24, 2.45) is 18.4 Å². The van der Waals surface area contributed by atoms with E-state index in [1.54, 1.807) is 29.9 Å². The molecule has 1 amide bonds. The maximum absolute atomic E-state index is 14.0. The smallest absolute Gasteiger partial charge is 0.325 e. The second-order valence-corrected chi connectivity index (χ2v) is 21.6. The van der Waals surface area contributed by atoms with E-state index < -0.39 is 19.6 Å². The molecule has 1 aromatic carbocycles. The van der Waals surface area contributed by atoms with Crippen LogP contribution in [0.5, 0.6) is 5.75 Å². The van der Waals surface area contributed by atoms with E-state index in [0.29, 0.717) is 46.3 Å². The summed E-state index contributed by atoms with van der Waals surface area (Å²) < 4.78 is 14.3. The Morgan fingerprint density at radius 2 is 1.83 bits per heavy atom. The highest BCUT2D eigenvalue weighted by molar-refractivity contribution is 6.76. The van der Waals surface area contributed by atoms with Gasteiger partial charge >= 0.3 is 5.97 Å². The highest BCUT2D eigenvalue weighted by Gasteiger charge is 2.30. The maximum Gasteiger partial charge on any atom is 0.325 e. The maximum atomic E-state index is 14.0. The number of carbonyl (C=O) groups excluding carboxylic acids is 2. The van der Waals surface area contributed by atoms with Gasteiger partial charge in [-0.15, -0.1) is 0 Å². The number of ether oxygens (including phenoxy) is 2. The van der Waals surface area contributed by atoms with Gasteiger partial charge < -0.3 is 19.4 Å². The molecule has 11 heteroatoms. The Labute approximate surface area is 278 Å². The first-order chi connectivity index (χ1) is 21.3. The minimum absolute atomic E-state index is 0.0197. The lowest BCUT2D eigenvalue weighted by atomic mass is 9.81. The average molecular weight is 669 g/mol. The van der Waals surface area contributed by atoms with Crippen LogP contribution in [0, 0.1) is 11.3 Å². The number of benzene rings is 1. The fourth-order valence-electron chi connectivity index (χ4n) is 5.80. The van der Waals surface area contributed by atoms with Gasteiger partial charge in [-0.05, 0) is 74.3 Å². The summed E-state index contributed by atoms with van der Waals surface area (Å²) in [5.41, 5.74) is 0.856. The fraction of sp³-hybridized carbons (Fsp3) is 0.543. The van der Waals surface area contributed by atoms with Crippen LogP contribution in [0.15, 0.2) is 29.2 Å². The van der Waals surface area contributed by atoms with Gasteiger partial charge in [-0.2, -0.15) is 0 Å². The van der Waals surface area contributed by atoms with Crippen LogP contribution >= 0.6 is 11.6 Å². The van der Waals surface area contributed by atoms with Crippen molar-refractivity contribution in [3.05, 3.63) is 51.2 Å². The third-order valence-corrected chi connectivity index (χ3v) is 9.91. The second-order valence-electron chi connectivity index (χ2n) is 15.5. The molecule has 0 spiro atoms. The lowest BCUT2D eigenvalue weighted by molar-refractivity contribution is -0.141. The van der Waals surface area contributed by atoms with E-state index in [2.05, 4.69) is 51.8 Å². The molecule has 250 valence electrons. The molecule has 0 aliphatic heterocycles. The molecular weight excluding hydrogens is 620 g/mol. The van der Waals surface area contributed by atoms with Gasteiger partial charge in [0.1, 0.15) is 18.0 Å². The van der Waals surface area contributed by atoms with Gasteiger partial charge in [0, 0.05) is 32.4 Å². The number of fused-ring (bicyclic) bond motifs is 1. The summed E-state index contributed by atoms with van der Waals surface area (Å²) in [4.78, 5) is 45.2. The van der Waals surface area contributed by atoms with E-state index in [0.717, 1.165) is 25.3 Å². The molecule has 9 nitrogen and oxygen atoms in total. The first-order valence-corrected chi connectivity index (χ1v) is 20.0. The van der Waals surface area contributed by atoms with Crippen molar-refractivity contribution >= 4 is 48.7 Å². The van der Waals surface area contributed by atoms with E-state index in [1.165, 1.54) is 11.7 Å². The van der Waals surface area contributed by atoms with Crippen molar-refractivity contribution in [1.82, 2.24) is 19.4 Å². The number of methoxy groups -OCH3 is 1. The molecule has 0 radical (unpaired) electrons. The summed E-state index contributed by atoms with van der Waals surface area (Å²) in [7, 11) is 1.57. The predicted molar refractivity (Wildman–Crippen MR) is 188 cm³/mol. The zero-order valence-corrected chi connectivity index (χ0v) is 30.7. The third kappa shape index (κ3) is 8.91. The van der Waals surface area contributed by atoms with Gasteiger partial charge in [0.25, 0.3) is 11.5 Å². The molecule has 3 aromatic rings. The Bertz CT molecular complexity index is 1720. The number of aromatic nitrogens is 3. The summed E-state index contributed by atoms with van der Waals surface area (Å²) in [5, 5.41) is 3.77. The Morgan fingerprint density at radius 3 is 2.41 bits per heavy atom. The number of nitrogens with zero attached hydrogens (tertiary/aromatic N) is 3. The molecule has 2 aromatic heterocycles. The molecule has 1 aliphatic carbocycles. The molecule has 46 heavy (non-hydrogen) atoms. The topological polar surface area (TPSA) is 104 Å². The minimum Gasteiger partial charge on any atom is -0.491 e. The van der Waals surface area contributed by atoms with Gasteiger partial charge in [0.2, 0.25) is 0 Å². The normalized spacial score (nSPS) is 14.2. The number of nitrogens with one attached hydrogen (secondary N) is 1. The van der Waals surface area contributed by atoms with Crippen LogP contribution in [-0.2, 0) is 23.1 Å². The molecule has 1 fully saturated rings. The van der Waals surface area contributed by atoms with Gasteiger partial charge in [-0.3, -0.25) is 19.0 Å². The number of halogens is 1. The standard InChI is InChI=1S/C35H49ClN4O5Si/c1-34(2,3)21-35(4,5)38-32(42)24-17-23(18-26(36)30(24)45-15-16-46(8,9)10)25-19-40(20-28(41)44-7)31-29(25)33(43)39(6)27(37-31)14-13-22-11-12-22/h13-14,17-19,22H,11-12,15-16,20-21H2,1-10H3,(H,38,42). The van der Waals surface area contributed by atoms with Gasteiger partial charge in [0.15, 0.2) is 5.75 Å².